The van der Waals surface area contributed by atoms with Gasteiger partial charge in [0.2, 0.25) is 11.5 Å². The number of hydrazine groups is 1. The Bertz CT molecular complexity index is 1200. The van der Waals surface area contributed by atoms with Crippen LogP contribution in [0.5, 0.6) is 11.5 Å². The van der Waals surface area contributed by atoms with Crippen LogP contribution < -0.4 is 26.0 Å². The van der Waals surface area contributed by atoms with Crippen LogP contribution in [-0.2, 0) is 0 Å². The van der Waals surface area contributed by atoms with Crippen molar-refractivity contribution in [1.82, 2.24) is 10.9 Å². The number of nitro benzene ring substituents is 1. The second kappa shape index (κ2) is 8.31. The van der Waals surface area contributed by atoms with Crippen LogP contribution in [0, 0.1) is 10.1 Å². The largest absolute Gasteiger partial charge is 0.490 e. The smallest absolute Gasteiger partial charge is 0.349 e. The highest BCUT2D eigenvalue weighted by molar-refractivity contribution is 6.01. The van der Waals surface area contributed by atoms with Gasteiger partial charge in [-0.15, -0.1) is 0 Å². The highest BCUT2D eigenvalue weighted by Gasteiger charge is 2.26. The van der Waals surface area contributed by atoms with E-state index >= 15 is 0 Å². The lowest BCUT2D eigenvalue weighted by atomic mass is 10.1. The van der Waals surface area contributed by atoms with Crippen molar-refractivity contribution < 1.29 is 28.4 Å². The van der Waals surface area contributed by atoms with Crippen molar-refractivity contribution in [2.24, 2.45) is 0 Å². The third kappa shape index (κ3) is 3.76. The maximum absolute atomic E-state index is 12.4. The number of nitro groups is 1. The summed E-state index contributed by atoms with van der Waals surface area (Å²) in [6.07, 6.45) is 0. The number of carbonyl (C=O) groups excluding carboxylic acids is 2. The molecule has 154 valence electrons. The van der Waals surface area contributed by atoms with Crippen molar-refractivity contribution in [2.75, 3.05) is 14.2 Å². The Kier molecular flexibility index (Phi) is 5.63. The van der Waals surface area contributed by atoms with Crippen LogP contribution in [0.25, 0.3) is 11.0 Å². The molecule has 2 aromatic carbocycles. The summed E-state index contributed by atoms with van der Waals surface area (Å²) in [5.41, 5.74) is 2.47. The van der Waals surface area contributed by atoms with Crippen molar-refractivity contribution in [3.8, 4) is 11.5 Å². The van der Waals surface area contributed by atoms with E-state index in [1.165, 1.54) is 26.4 Å². The molecule has 0 spiro atoms. The number of ether oxygens (including phenoxy) is 2. The predicted octanol–water partition coefficient (Wildman–Crippen LogP) is 1.79. The molecule has 0 saturated heterocycles. The summed E-state index contributed by atoms with van der Waals surface area (Å²) in [5.74, 6) is -1.96. The summed E-state index contributed by atoms with van der Waals surface area (Å²) < 4.78 is 15.3. The van der Waals surface area contributed by atoms with Crippen molar-refractivity contribution in [3.05, 3.63) is 74.1 Å². The zero-order valence-electron chi connectivity index (χ0n) is 15.8. The lowest BCUT2D eigenvalue weighted by Crippen LogP contribution is -2.43. The molecule has 1 heterocycles. The Labute approximate surface area is 168 Å². The van der Waals surface area contributed by atoms with Gasteiger partial charge in [-0.2, -0.15) is 0 Å². The molecule has 0 aliphatic carbocycles. The first-order valence-electron chi connectivity index (χ1n) is 8.40. The first-order valence-corrected chi connectivity index (χ1v) is 8.40. The van der Waals surface area contributed by atoms with E-state index in [4.69, 9.17) is 13.9 Å². The molecule has 11 nitrogen and oxygen atoms in total. The summed E-state index contributed by atoms with van der Waals surface area (Å²) in [5, 5.41) is 11.4. The number of nitrogens with one attached hydrogen (secondary N) is 2. The van der Waals surface area contributed by atoms with E-state index in [0.29, 0.717) is 0 Å². The van der Waals surface area contributed by atoms with Gasteiger partial charge in [-0.05, 0) is 18.2 Å². The Morgan fingerprint density at radius 3 is 2.23 bits per heavy atom. The number of nitrogens with zero attached hydrogens (tertiary/aromatic N) is 1. The normalized spacial score (nSPS) is 10.3. The van der Waals surface area contributed by atoms with Gasteiger partial charge >= 0.3 is 11.3 Å². The van der Waals surface area contributed by atoms with E-state index in [1.807, 2.05) is 0 Å². The Hall–Kier alpha value is -4.41. The van der Waals surface area contributed by atoms with Gasteiger partial charge < -0.3 is 13.9 Å². The number of fused-ring (bicyclic) bond motifs is 1. The van der Waals surface area contributed by atoms with E-state index < -0.39 is 33.6 Å². The fourth-order valence-electron chi connectivity index (χ4n) is 2.72. The van der Waals surface area contributed by atoms with Crippen LogP contribution >= 0.6 is 0 Å². The Morgan fingerprint density at radius 2 is 1.63 bits per heavy atom. The molecule has 0 aliphatic rings. The highest BCUT2D eigenvalue weighted by atomic mass is 16.6. The zero-order valence-corrected chi connectivity index (χ0v) is 15.8. The third-order valence-electron chi connectivity index (χ3n) is 4.09. The predicted molar refractivity (Wildman–Crippen MR) is 104 cm³/mol. The second-order valence-electron chi connectivity index (χ2n) is 5.86. The first-order chi connectivity index (χ1) is 14.4. The minimum absolute atomic E-state index is 0.0542. The van der Waals surface area contributed by atoms with Gasteiger partial charge in [0, 0.05) is 17.0 Å². The van der Waals surface area contributed by atoms with Crippen molar-refractivity contribution in [1.29, 1.82) is 0 Å². The summed E-state index contributed by atoms with van der Waals surface area (Å²) in [6, 6.07) is 10.2. The number of rotatable bonds is 5. The van der Waals surface area contributed by atoms with Crippen LogP contribution in [0.2, 0.25) is 0 Å². The summed E-state index contributed by atoms with van der Waals surface area (Å²) in [4.78, 5) is 47.3. The molecular formula is C19H15N3O8. The van der Waals surface area contributed by atoms with Gasteiger partial charge in [-0.3, -0.25) is 30.6 Å². The lowest BCUT2D eigenvalue weighted by Gasteiger charge is -2.11. The molecule has 3 aromatic rings. The van der Waals surface area contributed by atoms with Gasteiger partial charge in [0.05, 0.1) is 19.1 Å². The Balaban J connectivity index is 1.97. The molecule has 2 amide bonds. The molecule has 0 aliphatic heterocycles. The van der Waals surface area contributed by atoms with Crippen LogP contribution in [-0.4, -0.2) is 31.0 Å². The molecule has 0 bridgehead atoms. The highest BCUT2D eigenvalue weighted by Crippen LogP contribution is 2.42. The van der Waals surface area contributed by atoms with Crippen molar-refractivity contribution >= 4 is 28.5 Å². The molecule has 0 atom stereocenters. The quantitative estimate of drug-likeness (QED) is 0.365. The van der Waals surface area contributed by atoms with Crippen molar-refractivity contribution in [2.45, 2.75) is 0 Å². The summed E-state index contributed by atoms with van der Waals surface area (Å²) >= 11 is 0. The second-order valence-corrected chi connectivity index (χ2v) is 5.86. The van der Waals surface area contributed by atoms with Gasteiger partial charge in [0.25, 0.3) is 11.8 Å². The maximum Gasteiger partial charge on any atom is 0.349 e. The summed E-state index contributed by atoms with van der Waals surface area (Å²) in [6.45, 7) is 0. The Morgan fingerprint density at radius 1 is 1.00 bits per heavy atom. The fraction of sp³-hybridized carbons (Fsp3) is 0.105. The molecular weight excluding hydrogens is 398 g/mol. The average Bonchev–Trinajstić information content (AvgIpc) is 2.75. The molecule has 3 rings (SSSR count). The van der Waals surface area contributed by atoms with Gasteiger partial charge in [0.15, 0.2) is 5.58 Å². The standard InChI is InChI=1S/C19H15N3O8/c1-28-15-13(22(26)27)9-11-8-12(19(25)30-14(11)16(15)29-2)18(24)21-20-17(23)10-6-4-3-5-7-10/h3-9H,1-2H3,(H,20,23)(H,21,24). The van der Waals surface area contributed by atoms with E-state index in [0.717, 1.165) is 12.1 Å². The molecule has 11 heteroatoms. The van der Waals surface area contributed by atoms with E-state index in [9.17, 15) is 24.5 Å². The van der Waals surface area contributed by atoms with E-state index in [-0.39, 0.29) is 28.0 Å². The first kappa shape index (κ1) is 20.3. The van der Waals surface area contributed by atoms with Gasteiger partial charge in [-0.1, -0.05) is 18.2 Å². The maximum atomic E-state index is 12.4. The number of hydrogen-bond donors (Lipinski definition) is 2. The number of carbonyl (C=O) groups is 2. The monoisotopic (exact) mass is 413 g/mol. The van der Waals surface area contributed by atoms with Gasteiger partial charge in [0.1, 0.15) is 5.56 Å². The van der Waals surface area contributed by atoms with Crippen molar-refractivity contribution in [3.63, 3.8) is 0 Å². The van der Waals surface area contributed by atoms with Crippen LogP contribution in [0.15, 0.2) is 51.7 Å². The number of methoxy groups -OCH3 is 2. The number of hydrogen-bond acceptors (Lipinski definition) is 8. The molecule has 0 saturated carbocycles. The van der Waals surface area contributed by atoms with Gasteiger partial charge in [-0.25, -0.2) is 4.79 Å². The summed E-state index contributed by atoms with van der Waals surface area (Å²) in [7, 11) is 2.42. The minimum Gasteiger partial charge on any atom is -0.490 e. The number of benzene rings is 2. The van der Waals surface area contributed by atoms with E-state index in [2.05, 4.69) is 10.9 Å². The molecule has 0 radical (unpaired) electrons. The fourth-order valence-corrected chi connectivity index (χ4v) is 2.72. The molecule has 2 N–H and O–H groups in total. The topological polar surface area (TPSA) is 150 Å². The lowest BCUT2D eigenvalue weighted by molar-refractivity contribution is -0.385. The number of amides is 2. The molecule has 0 fully saturated rings. The van der Waals surface area contributed by atoms with Crippen LogP contribution in [0.3, 0.4) is 0 Å². The van der Waals surface area contributed by atoms with Crippen LogP contribution in [0.1, 0.15) is 20.7 Å². The SMILES string of the molecule is COc1c([N+](=O)[O-])cc2cc(C(=O)NNC(=O)c3ccccc3)c(=O)oc2c1OC. The zero-order chi connectivity index (χ0) is 21.8. The van der Waals surface area contributed by atoms with E-state index in [1.54, 1.807) is 18.2 Å². The third-order valence-corrected chi connectivity index (χ3v) is 4.09. The van der Waals surface area contributed by atoms with Crippen LogP contribution in [0.4, 0.5) is 5.69 Å². The molecule has 0 unspecified atom stereocenters. The molecule has 1 aromatic heterocycles. The molecule has 30 heavy (non-hydrogen) atoms. The minimum atomic E-state index is -1.04. The average molecular weight is 413 g/mol.